The molecule has 2 aromatic heterocycles. The Labute approximate surface area is 177 Å². The van der Waals surface area contributed by atoms with Crippen molar-refractivity contribution < 1.29 is 0 Å². The summed E-state index contributed by atoms with van der Waals surface area (Å²) < 4.78 is 1.93. The molecule has 3 rings (SSSR count). The van der Waals surface area contributed by atoms with Gasteiger partial charge in [0, 0.05) is 31.7 Å². The molecule has 3 aromatic rings. The van der Waals surface area contributed by atoms with E-state index >= 15 is 0 Å². The number of guanidine groups is 1. The van der Waals surface area contributed by atoms with E-state index in [1.807, 2.05) is 42.1 Å². The van der Waals surface area contributed by atoms with E-state index in [9.17, 15) is 0 Å². The Balaban J connectivity index is 0.00000261. The van der Waals surface area contributed by atoms with Gasteiger partial charge >= 0.3 is 0 Å². The molecule has 0 aliphatic rings. The average Bonchev–Trinajstić information content (AvgIpc) is 3.16. The Morgan fingerprint density at radius 2 is 1.78 bits per heavy atom. The first-order chi connectivity index (χ1) is 12.7. The van der Waals surface area contributed by atoms with Crippen LogP contribution in [0.3, 0.4) is 0 Å². The highest BCUT2D eigenvalue weighted by Crippen LogP contribution is 2.10. The van der Waals surface area contributed by atoms with E-state index in [2.05, 4.69) is 50.0 Å². The summed E-state index contributed by atoms with van der Waals surface area (Å²) in [5.41, 5.74) is 4.46. The third kappa shape index (κ3) is 6.35. The molecule has 0 radical (unpaired) electrons. The van der Waals surface area contributed by atoms with Gasteiger partial charge in [-0.25, -0.2) is 0 Å². The lowest BCUT2D eigenvalue weighted by atomic mass is 10.1. The van der Waals surface area contributed by atoms with Crippen LogP contribution in [0.2, 0.25) is 0 Å². The molecule has 0 atom stereocenters. The first kappa shape index (κ1) is 20.9. The number of aromatic nitrogens is 3. The van der Waals surface area contributed by atoms with Gasteiger partial charge in [0.1, 0.15) is 0 Å². The fourth-order valence-corrected chi connectivity index (χ4v) is 2.72. The molecule has 0 spiro atoms. The van der Waals surface area contributed by atoms with E-state index in [0.29, 0.717) is 13.1 Å². The lowest BCUT2D eigenvalue weighted by Crippen LogP contribution is -2.36. The van der Waals surface area contributed by atoms with E-state index in [0.717, 1.165) is 23.9 Å². The zero-order valence-electron chi connectivity index (χ0n) is 15.6. The van der Waals surface area contributed by atoms with Crippen LogP contribution in [0.25, 0.3) is 0 Å². The van der Waals surface area contributed by atoms with Crippen LogP contribution in [0.15, 0.2) is 65.9 Å². The van der Waals surface area contributed by atoms with E-state index in [1.54, 1.807) is 13.2 Å². The van der Waals surface area contributed by atoms with Gasteiger partial charge in [0.25, 0.3) is 0 Å². The van der Waals surface area contributed by atoms with Crippen LogP contribution in [0.1, 0.15) is 22.5 Å². The zero-order valence-corrected chi connectivity index (χ0v) is 17.9. The normalized spacial score (nSPS) is 11.0. The summed E-state index contributed by atoms with van der Waals surface area (Å²) in [6.45, 7) is 4.08. The van der Waals surface area contributed by atoms with Crippen molar-refractivity contribution >= 4 is 29.9 Å². The van der Waals surface area contributed by atoms with Gasteiger partial charge in [0.2, 0.25) is 0 Å². The molecule has 7 heteroatoms. The van der Waals surface area contributed by atoms with E-state index in [4.69, 9.17) is 0 Å². The molecule has 0 unspecified atom stereocenters. The van der Waals surface area contributed by atoms with Gasteiger partial charge in [-0.3, -0.25) is 14.7 Å². The van der Waals surface area contributed by atoms with Gasteiger partial charge in [-0.05, 0) is 36.2 Å². The van der Waals surface area contributed by atoms with E-state index < -0.39 is 0 Å². The molecular weight excluding hydrogens is 451 g/mol. The molecule has 0 saturated carbocycles. The maximum Gasteiger partial charge on any atom is 0.191 e. The largest absolute Gasteiger partial charge is 0.352 e. The van der Waals surface area contributed by atoms with Gasteiger partial charge in [0.05, 0.1) is 18.8 Å². The van der Waals surface area contributed by atoms with Gasteiger partial charge in [-0.1, -0.05) is 30.3 Å². The van der Waals surface area contributed by atoms with Gasteiger partial charge in [-0.2, -0.15) is 5.10 Å². The lowest BCUT2D eigenvalue weighted by molar-refractivity contribution is 0.677. The van der Waals surface area contributed by atoms with Crippen LogP contribution in [-0.4, -0.2) is 27.8 Å². The third-order valence-corrected chi connectivity index (χ3v) is 4.06. The summed E-state index contributed by atoms with van der Waals surface area (Å²) in [5.74, 6) is 0.752. The minimum atomic E-state index is 0. The molecule has 2 N–H and O–H groups in total. The highest BCUT2D eigenvalue weighted by molar-refractivity contribution is 14.0. The highest BCUT2D eigenvalue weighted by Gasteiger charge is 2.05. The number of benzene rings is 1. The standard InChI is InChI=1S/C20H24N6.HI/c1-16-7-5-10-19(25-16)14-23-20(21-2)22-13-17-8-3-4-9-18(17)15-26-12-6-11-24-26;/h3-12H,13-15H2,1-2H3,(H2,21,22,23);1H. The predicted octanol–water partition coefficient (Wildman–Crippen LogP) is 3.12. The first-order valence-corrected chi connectivity index (χ1v) is 8.66. The maximum atomic E-state index is 4.50. The van der Waals surface area contributed by atoms with Gasteiger partial charge in [-0.15, -0.1) is 24.0 Å². The number of hydrogen-bond donors (Lipinski definition) is 2. The SMILES string of the molecule is CN=C(NCc1cccc(C)n1)NCc1ccccc1Cn1cccn1.I. The Bertz CT molecular complexity index is 860. The quantitative estimate of drug-likeness (QED) is 0.326. The number of nitrogens with one attached hydrogen (secondary N) is 2. The molecule has 142 valence electrons. The van der Waals surface area contributed by atoms with Gasteiger partial charge < -0.3 is 10.6 Å². The number of rotatable bonds is 6. The van der Waals surface area contributed by atoms with Crippen molar-refractivity contribution in [3.63, 3.8) is 0 Å². The van der Waals surface area contributed by atoms with Crippen LogP contribution < -0.4 is 10.6 Å². The third-order valence-electron chi connectivity index (χ3n) is 4.06. The number of halogens is 1. The fraction of sp³-hybridized carbons (Fsp3) is 0.250. The van der Waals surface area contributed by atoms with E-state index in [1.165, 1.54) is 11.1 Å². The molecule has 0 amide bonds. The topological polar surface area (TPSA) is 67.1 Å². The van der Waals surface area contributed by atoms with Crippen molar-refractivity contribution in [2.24, 2.45) is 4.99 Å². The second-order valence-corrected chi connectivity index (χ2v) is 6.02. The highest BCUT2D eigenvalue weighted by atomic mass is 127. The first-order valence-electron chi connectivity index (χ1n) is 8.66. The number of nitrogens with zero attached hydrogens (tertiary/aromatic N) is 4. The maximum absolute atomic E-state index is 4.50. The zero-order chi connectivity index (χ0) is 18.2. The van der Waals surface area contributed by atoms with E-state index in [-0.39, 0.29) is 24.0 Å². The Hall–Kier alpha value is -2.42. The summed E-state index contributed by atoms with van der Waals surface area (Å²) in [6.07, 6.45) is 3.77. The second kappa shape index (κ2) is 10.7. The molecule has 0 aliphatic heterocycles. The average molecular weight is 476 g/mol. The molecular formula is C20H25IN6. The summed E-state index contributed by atoms with van der Waals surface area (Å²) in [5, 5.41) is 11.0. The number of aliphatic imine (C=N–C) groups is 1. The van der Waals surface area contributed by atoms with Crippen molar-refractivity contribution in [2.45, 2.75) is 26.6 Å². The second-order valence-electron chi connectivity index (χ2n) is 6.02. The molecule has 0 saturated heterocycles. The molecule has 2 heterocycles. The Kier molecular flexibility index (Phi) is 8.25. The molecule has 1 aromatic carbocycles. The van der Waals surface area contributed by atoms with Crippen LogP contribution in [0.4, 0.5) is 0 Å². The van der Waals surface area contributed by atoms with Crippen molar-refractivity contribution in [2.75, 3.05) is 7.05 Å². The fourth-order valence-electron chi connectivity index (χ4n) is 2.72. The van der Waals surface area contributed by atoms with Crippen LogP contribution in [0, 0.1) is 6.92 Å². The Morgan fingerprint density at radius 3 is 2.48 bits per heavy atom. The van der Waals surface area contributed by atoms with Crippen molar-refractivity contribution in [1.82, 2.24) is 25.4 Å². The summed E-state index contributed by atoms with van der Waals surface area (Å²) in [4.78, 5) is 8.79. The van der Waals surface area contributed by atoms with Crippen LogP contribution >= 0.6 is 24.0 Å². The molecule has 0 fully saturated rings. The number of hydrogen-bond acceptors (Lipinski definition) is 3. The summed E-state index contributed by atoms with van der Waals surface area (Å²) in [6, 6.07) is 16.3. The minimum absolute atomic E-state index is 0. The van der Waals surface area contributed by atoms with Crippen molar-refractivity contribution in [3.8, 4) is 0 Å². The predicted molar refractivity (Wildman–Crippen MR) is 119 cm³/mol. The van der Waals surface area contributed by atoms with Crippen LogP contribution in [-0.2, 0) is 19.6 Å². The van der Waals surface area contributed by atoms with Gasteiger partial charge in [0.15, 0.2) is 5.96 Å². The Morgan fingerprint density at radius 1 is 1.00 bits per heavy atom. The smallest absolute Gasteiger partial charge is 0.191 e. The molecule has 6 nitrogen and oxygen atoms in total. The monoisotopic (exact) mass is 476 g/mol. The molecule has 27 heavy (non-hydrogen) atoms. The van der Waals surface area contributed by atoms with Crippen molar-refractivity contribution in [1.29, 1.82) is 0 Å². The van der Waals surface area contributed by atoms with Crippen molar-refractivity contribution in [3.05, 3.63) is 83.4 Å². The number of aryl methyl sites for hydroxylation is 1. The van der Waals surface area contributed by atoms with Crippen LogP contribution in [0.5, 0.6) is 0 Å². The summed E-state index contributed by atoms with van der Waals surface area (Å²) >= 11 is 0. The minimum Gasteiger partial charge on any atom is -0.352 e. The number of pyridine rings is 1. The lowest BCUT2D eigenvalue weighted by Gasteiger charge is -2.14. The molecule has 0 aliphatic carbocycles. The summed E-state index contributed by atoms with van der Waals surface area (Å²) in [7, 11) is 1.77. The molecule has 0 bridgehead atoms.